The van der Waals surface area contributed by atoms with Crippen LogP contribution in [0.25, 0.3) is 33.1 Å². The van der Waals surface area contributed by atoms with E-state index in [-0.39, 0.29) is 11.9 Å². The van der Waals surface area contributed by atoms with Crippen LogP contribution in [0.1, 0.15) is 24.1 Å². The molecule has 1 unspecified atom stereocenters. The number of nitrogens with one attached hydrogen (secondary N) is 1. The Morgan fingerprint density at radius 2 is 1.65 bits per heavy atom. The highest BCUT2D eigenvalue weighted by Gasteiger charge is 2.14. The quantitative estimate of drug-likeness (QED) is 0.354. The second-order valence-corrected chi connectivity index (χ2v) is 7.68. The fourth-order valence-electron chi connectivity index (χ4n) is 4.15. The normalized spacial score (nSPS) is 12.2. The Morgan fingerprint density at radius 3 is 2.48 bits per heavy atom. The highest BCUT2D eigenvalue weighted by atomic mass is 19.1. The van der Waals surface area contributed by atoms with Crippen molar-refractivity contribution >= 4 is 27.4 Å². The molecule has 152 valence electrons. The maximum Gasteiger partial charge on any atom is 0.123 e. The lowest BCUT2D eigenvalue weighted by molar-refractivity contribution is 0.627. The molecule has 1 aromatic heterocycles. The van der Waals surface area contributed by atoms with Gasteiger partial charge >= 0.3 is 0 Å². The van der Waals surface area contributed by atoms with Gasteiger partial charge in [0.2, 0.25) is 0 Å². The Balaban J connectivity index is 1.48. The lowest BCUT2D eigenvalue weighted by Gasteiger charge is -2.20. The van der Waals surface area contributed by atoms with Crippen molar-refractivity contribution in [2.75, 3.05) is 0 Å². The second-order valence-electron chi connectivity index (χ2n) is 7.68. The van der Waals surface area contributed by atoms with Gasteiger partial charge in [-0.25, -0.2) is 9.07 Å². The molecular formula is C27H22FN3. The molecule has 0 spiro atoms. The average Bonchev–Trinajstić information content (AvgIpc) is 3.23. The lowest BCUT2D eigenvalue weighted by atomic mass is 9.99. The molecule has 0 aliphatic carbocycles. The number of benzene rings is 4. The summed E-state index contributed by atoms with van der Waals surface area (Å²) in [6.07, 6.45) is 1.84. The lowest BCUT2D eigenvalue weighted by Crippen LogP contribution is -2.17. The van der Waals surface area contributed by atoms with Crippen LogP contribution < -0.4 is 5.32 Å². The third-order valence-electron chi connectivity index (χ3n) is 5.69. The van der Waals surface area contributed by atoms with Gasteiger partial charge in [0.15, 0.2) is 0 Å². The van der Waals surface area contributed by atoms with Gasteiger partial charge in [-0.2, -0.15) is 5.10 Å². The fraction of sp³-hybridized carbons (Fsp3) is 0.0741. The van der Waals surface area contributed by atoms with Gasteiger partial charge in [0, 0.05) is 22.7 Å². The zero-order chi connectivity index (χ0) is 21.4. The summed E-state index contributed by atoms with van der Waals surface area (Å²) >= 11 is 0. The number of halogens is 1. The summed E-state index contributed by atoms with van der Waals surface area (Å²) < 4.78 is 15.1. The Morgan fingerprint density at radius 1 is 0.903 bits per heavy atom. The molecule has 0 fully saturated rings. The van der Waals surface area contributed by atoms with Crippen LogP contribution in [0.4, 0.5) is 4.39 Å². The van der Waals surface area contributed by atoms with Gasteiger partial charge in [-0.3, -0.25) is 0 Å². The Kier molecular flexibility index (Phi) is 4.75. The van der Waals surface area contributed by atoms with E-state index < -0.39 is 0 Å². The molecule has 0 aliphatic rings. The van der Waals surface area contributed by atoms with Crippen LogP contribution in [0.15, 0.2) is 97.7 Å². The van der Waals surface area contributed by atoms with Gasteiger partial charge in [-0.05, 0) is 53.6 Å². The molecule has 5 aromatic rings. The van der Waals surface area contributed by atoms with Crippen molar-refractivity contribution in [3.05, 3.63) is 115 Å². The fourth-order valence-corrected chi connectivity index (χ4v) is 4.15. The number of fused-ring (bicyclic) bond motifs is 2. The monoisotopic (exact) mass is 407 g/mol. The first-order valence-electron chi connectivity index (χ1n) is 10.3. The molecule has 1 heterocycles. The molecule has 4 aromatic carbocycles. The summed E-state index contributed by atoms with van der Waals surface area (Å²) in [6, 6.07) is 27.3. The van der Waals surface area contributed by atoms with E-state index >= 15 is 0 Å². The molecular weight excluding hydrogens is 385 g/mol. The summed E-state index contributed by atoms with van der Waals surface area (Å²) in [7, 11) is 0. The van der Waals surface area contributed by atoms with Gasteiger partial charge in [0.25, 0.3) is 0 Å². The minimum absolute atomic E-state index is 0.0843. The van der Waals surface area contributed by atoms with E-state index in [1.807, 2.05) is 29.1 Å². The van der Waals surface area contributed by atoms with Crippen LogP contribution in [0.5, 0.6) is 0 Å². The highest BCUT2D eigenvalue weighted by Crippen LogP contribution is 2.29. The van der Waals surface area contributed by atoms with Crippen LogP contribution in [0.3, 0.4) is 0 Å². The summed E-state index contributed by atoms with van der Waals surface area (Å²) in [5.41, 5.74) is 4.83. The van der Waals surface area contributed by atoms with Crippen LogP contribution >= 0.6 is 0 Å². The first-order valence-corrected chi connectivity index (χ1v) is 10.3. The number of hydrogen-bond donors (Lipinski definition) is 1. The van der Waals surface area contributed by atoms with Crippen LogP contribution in [0, 0.1) is 5.82 Å². The topological polar surface area (TPSA) is 29.9 Å². The molecule has 0 radical (unpaired) electrons. The molecule has 31 heavy (non-hydrogen) atoms. The van der Waals surface area contributed by atoms with Gasteiger partial charge in [0.05, 0.1) is 17.4 Å². The van der Waals surface area contributed by atoms with E-state index in [0.29, 0.717) is 0 Å². The van der Waals surface area contributed by atoms with Gasteiger partial charge in [-0.1, -0.05) is 61.2 Å². The summed E-state index contributed by atoms with van der Waals surface area (Å²) in [4.78, 5) is 0. The van der Waals surface area contributed by atoms with Crippen molar-refractivity contribution in [3.8, 4) is 5.69 Å². The third-order valence-corrected chi connectivity index (χ3v) is 5.69. The largest absolute Gasteiger partial charge is 0.378 e. The van der Waals surface area contributed by atoms with Crippen molar-refractivity contribution in [1.82, 2.24) is 15.1 Å². The predicted molar refractivity (Wildman–Crippen MR) is 126 cm³/mol. The zero-order valence-electron chi connectivity index (χ0n) is 17.2. The standard InChI is InChI=1S/C27H22FN3/c1-18(23-10-5-8-20-7-3-4-9-25(20)23)30-19(2)24-11-6-12-27-26(24)17-29-31(27)22-15-13-21(28)14-16-22/h3-18,30H,2H2,1H3. The summed E-state index contributed by atoms with van der Waals surface area (Å²) in [6.45, 7) is 6.46. The van der Waals surface area contributed by atoms with E-state index in [1.54, 1.807) is 12.1 Å². The molecule has 0 bridgehead atoms. The van der Waals surface area contributed by atoms with Crippen molar-refractivity contribution in [2.24, 2.45) is 0 Å². The van der Waals surface area contributed by atoms with E-state index in [1.165, 1.54) is 28.5 Å². The van der Waals surface area contributed by atoms with Crippen LogP contribution in [0.2, 0.25) is 0 Å². The minimum Gasteiger partial charge on any atom is -0.378 e. The molecule has 1 atom stereocenters. The van der Waals surface area contributed by atoms with Gasteiger partial charge < -0.3 is 5.32 Å². The first kappa shape index (κ1) is 19.1. The molecule has 0 saturated heterocycles. The Bertz CT molecular complexity index is 1390. The third kappa shape index (κ3) is 3.46. The van der Waals surface area contributed by atoms with Crippen LogP contribution in [-0.2, 0) is 0 Å². The van der Waals surface area contributed by atoms with E-state index in [4.69, 9.17) is 0 Å². The molecule has 0 aliphatic heterocycles. The van der Waals surface area contributed by atoms with Gasteiger partial charge in [-0.15, -0.1) is 0 Å². The molecule has 5 rings (SSSR count). The van der Waals surface area contributed by atoms with Crippen molar-refractivity contribution in [1.29, 1.82) is 0 Å². The van der Waals surface area contributed by atoms with Crippen molar-refractivity contribution in [3.63, 3.8) is 0 Å². The minimum atomic E-state index is -0.263. The zero-order valence-corrected chi connectivity index (χ0v) is 17.2. The highest BCUT2D eigenvalue weighted by molar-refractivity contribution is 5.92. The van der Waals surface area contributed by atoms with E-state index in [9.17, 15) is 4.39 Å². The smallest absolute Gasteiger partial charge is 0.123 e. The molecule has 0 amide bonds. The molecule has 3 nitrogen and oxygen atoms in total. The van der Waals surface area contributed by atoms with Crippen LogP contribution in [-0.4, -0.2) is 9.78 Å². The first-order chi connectivity index (χ1) is 15.1. The van der Waals surface area contributed by atoms with Crippen molar-refractivity contribution < 1.29 is 4.39 Å². The number of nitrogens with zero attached hydrogens (tertiary/aromatic N) is 2. The van der Waals surface area contributed by atoms with E-state index in [0.717, 1.165) is 27.9 Å². The predicted octanol–water partition coefficient (Wildman–Crippen LogP) is 6.64. The van der Waals surface area contributed by atoms with Gasteiger partial charge in [0.1, 0.15) is 5.82 Å². The summed E-state index contributed by atoms with van der Waals surface area (Å²) in [5.74, 6) is -0.263. The second kappa shape index (κ2) is 7.73. The maximum absolute atomic E-state index is 13.3. The number of hydrogen-bond acceptors (Lipinski definition) is 2. The van der Waals surface area contributed by atoms with E-state index in [2.05, 4.69) is 66.4 Å². The molecule has 0 saturated carbocycles. The Labute approximate surface area is 180 Å². The maximum atomic E-state index is 13.3. The van der Waals surface area contributed by atoms with Crippen molar-refractivity contribution in [2.45, 2.75) is 13.0 Å². The average molecular weight is 407 g/mol. The number of rotatable bonds is 5. The molecule has 4 heteroatoms. The number of aromatic nitrogens is 2. The molecule has 1 N–H and O–H groups in total. The Hall–Kier alpha value is -3.92. The SMILES string of the molecule is C=C(NC(C)c1cccc2ccccc12)c1cccc2c1cnn2-c1ccc(F)cc1. The summed E-state index contributed by atoms with van der Waals surface area (Å²) in [5, 5.41) is 11.6.